The fraction of sp³-hybridized carbons (Fsp3) is 0.875. The molecule has 2 aliphatic heterocycles. The molecule has 3 N–H and O–H groups in total. The molecular formula is C8H14N2O2. The third kappa shape index (κ3) is 1.03. The Morgan fingerprint density at radius 1 is 1.67 bits per heavy atom. The van der Waals surface area contributed by atoms with E-state index < -0.39 is 0 Å². The molecule has 2 rings (SSSR count). The fourth-order valence-corrected chi connectivity index (χ4v) is 2.26. The van der Waals surface area contributed by atoms with Crippen molar-refractivity contribution in [2.75, 3.05) is 19.7 Å². The Labute approximate surface area is 71.3 Å². The first kappa shape index (κ1) is 8.01. The van der Waals surface area contributed by atoms with Crippen molar-refractivity contribution >= 4 is 5.91 Å². The molecule has 4 nitrogen and oxygen atoms in total. The number of carbonyl (C=O) groups excluding carboxylic acids is 1. The van der Waals surface area contributed by atoms with Crippen LogP contribution in [0, 0.1) is 5.92 Å². The number of amides is 1. The zero-order valence-corrected chi connectivity index (χ0v) is 6.97. The van der Waals surface area contributed by atoms with Crippen LogP contribution in [0.3, 0.4) is 0 Å². The van der Waals surface area contributed by atoms with E-state index in [1.54, 1.807) is 0 Å². The lowest BCUT2D eigenvalue weighted by Gasteiger charge is -2.28. The summed E-state index contributed by atoms with van der Waals surface area (Å²) in [4.78, 5) is 11.1. The zero-order chi connectivity index (χ0) is 8.60. The Kier molecular flexibility index (Phi) is 1.81. The highest BCUT2D eigenvalue weighted by Gasteiger charge is 2.47. The summed E-state index contributed by atoms with van der Waals surface area (Å²) in [5, 5.41) is 15.3. The molecule has 0 aromatic carbocycles. The average molecular weight is 170 g/mol. The molecule has 2 unspecified atom stereocenters. The fourth-order valence-electron chi connectivity index (χ4n) is 2.26. The van der Waals surface area contributed by atoms with Gasteiger partial charge in [-0.15, -0.1) is 0 Å². The average Bonchev–Trinajstić information content (AvgIpc) is 2.60. The molecule has 68 valence electrons. The monoisotopic (exact) mass is 170 g/mol. The molecule has 2 heterocycles. The van der Waals surface area contributed by atoms with Crippen molar-refractivity contribution in [2.45, 2.75) is 18.4 Å². The van der Waals surface area contributed by atoms with Crippen LogP contribution in [-0.2, 0) is 4.79 Å². The summed E-state index contributed by atoms with van der Waals surface area (Å²) in [6.07, 6.45) is 1.43. The molecule has 1 amide bonds. The van der Waals surface area contributed by atoms with Gasteiger partial charge in [0.05, 0.1) is 5.54 Å². The van der Waals surface area contributed by atoms with Gasteiger partial charge in [0.1, 0.15) is 0 Å². The summed E-state index contributed by atoms with van der Waals surface area (Å²) in [5.41, 5.74) is -0.133. The molecule has 2 atom stereocenters. The van der Waals surface area contributed by atoms with Crippen LogP contribution >= 0.6 is 0 Å². The summed E-state index contributed by atoms with van der Waals surface area (Å²) in [5.74, 6) is 0.192. The van der Waals surface area contributed by atoms with Crippen molar-refractivity contribution in [1.29, 1.82) is 0 Å². The van der Waals surface area contributed by atoms with E-state index in [9.17, 15) is 4.79 Å². The van der Waals surface area contributed by atoms with Crippen LogP contribution in [-0.4, -0.2) is 36.2 Å². The largest absolute Gasteiger partial charge is 0.396 e. The molecular weight excluding hydrogens is 156 g/mol. The quantitative estimate of drug-likeness (QED) is 0.465. The molecule has 0 aliphatic carbocycles. The molecule has 1 spiro atoms. The minimum atomic E-state index is -0.133. The van der Waals surface area contributed by atoms with E-state index in [2.05, 4.69) is 10.6 Å². The third-order valence-corrected chi connectivity index (χ3v) is 3.01. The summed E-state index contributed by atoms with van der Waals surface area (Å²) in [6, 6.07) is 0. The van der Waals surface area contributed by atoms with Crippen LogP contribution < -0.4 is 10.6 Å². The SMILES string of the molecule is O=C1CC(CO)C2(CCNC2)N1. The third-order valence-electron chi connectivity index (χ3n) is 3.01. The van der Waals surface area contributed by atoms with Gasteiger partial charge < -0.3 is 15.7 Å². The van der Waals surface area contributed by atoms with Crippen LogP contribution in [0.1, 0.15) is 12.8 Å². The van der Waals surface area contributed by atoms with Gasteiger partial charge in [0.2, 0.25) is 5.91 Å². The van der Waals surface area contributed by atoms with Gasteiger partial charge in [0.15, 0.2) is 0 Å². The van der Waals surface area contributed by atoms with Gasteiger partial charge in [-0.05, 0) is 13.0 Å². The van der Waals surface area contributed by atoms with Crippen LogP contribution in [0.25, 0.3) is 0 Å². The summed E-state index contributed by atoms with van der Waals surface area (Å²) in [7, 11) is 0. The van der Waals surface area contributed by atoms with Gasteiger partial charge in [0.25, 0.3) is 0 Å². The van der Waals surface area contributed by atoms with Gasteiger partial charge in [-0.25, -0.2) is 0 Å². The number of aliphatic hydroxyl groups is 1. The molecule has 4 heteroatoms. The van der Waals surface area contributed by atoms with Crippen molar-refractivity contribution < 1.29 is 9.90 Å². The topological polar surface area (TPSA) is 61.4 Å². The minimum Gasteiger partial charge on any atom is -0.396 e. The van der Waals surface area contributed by atoms with Crippen LogP contribution in [0.5, 0.6) is 0 Å². The second kappa shape index (κ2) is 2.71. The normalized spacial score (nSPS) is 40.8. The smallest absolute Gasteiger partial charge is 0.220 e. The van der Waals surface area contributed by atoms with Gasteiger partial charge in [-0.3, -0.25) is 4.79 Å². The van der Waals surface area contributed by atoms with Gasteiger partial charge in [-0.1, -0.05) is 0 Å². The number of aliphatic hydroxyl groups excluding tert-OH is 1. The van der Waals surface area contributed by atoms with Crippen molar-refractivity contribution in [1.82, 2.24) is 10.6 Å². The van der Waals surface area contributed by atoms with E-state index in [1.165, 1.54) is 0 Å². The predicted molar refractivity (Wildman–Crippen MR) is 43.6 cm³/mol. The first-order valence-corrected chi connectivity index (χ1v) is 4.39. The number of nitrogens with one attached hydrogen (secondary N) is 2. The lowest BCUT2D eigenvalue weighted by molar-refractivity contribution is -0.119. The Balaban J connectivity index is 2.16. The molecule has 0 saturated carbocycles. The van der Waals surface area contributed by atoms with E-state index in [0.29, 0.717) is 6.42 Å². The number of rotatable bonds is 1. The standard InChI is InChI=1S/C8H14N2O2/c11-4-6-3-7(12)10-8(6)1-2-9-5-8/h6,9,11H,1-5H2,(H,10,12). The molecule has 2 fully saturated rings. The molecule has 0 aromatic rings. The highest BCUT2D eigenvalue weighted by Crippen LogP contribution is 2.31. The van der Waals surface area contributed by atoms with E-state index >= 15 is 0 Å². The summed E-state index contributed by atoms with van der Waals surface area (Å²) >= 11 is 0. The Bertz CT molecular complexity index is 199. The lowest BCUT2D eigenvalue weighted by atomic mass is 9.85. The van der Waals surface area contributed by atoms with Crippen LogP contribution in [0.2, 0.25) is 0 Å². The predicted octanol–water partition coefficient (Wildman–Crippen LogP) is -1.15. The highest BCUT2D eigenvalue weighted by molar-refractivity contribution is 5.80. The number of hydrogen-bond donors (Lipinski definition) is 3. The Morgan fingerprint density at radius 2 is 2.50 bits per heavy atom. The van der Waals surface area contributed by atoms with Gasteiger partial charge >= 0.3 is 0 Å². The Morgan fingerprint density at radius 3 is 3.08 bits per heavy atom. The molecule has 12 heavy (non-hydrogen) atoms. The lowest BCUT2D eigenvalue weighted by Crippen LogP contribution is -2.48. The molecule has 0 radical (unpaired) electrons. The van der Waals surface area contributed by atoms with E-state index in [4.69, 9.17) is 5.11 Å². The van der Waals surface area contributed by atoms with Gasteiger partial charge in [0, 0.05) is 25.5 Å². The zero-order valence-electron chi connectivity index (χ0n) is 6.97. The maximum atomic E-state index is 11.1. The minimum absolute atomic E-state index is 0.0813. The van der Waals surface area contributed by atoms with E-state index in [-0.39, 0.29) is 24.0 Å². The number of hydrogen-bond acceptors (Lipinski definition) is 3. The second-order valence-corrected chi connectivity index (χ2v) is 3.71. The summed E-state index contributed by atoms with van der Waals surface area (Å²) < 4.78 is 0. The molecule has 0 bridgehead atoms. The second-order valence-electron chi connectivity index (χ2n) is 3.71. The molecule has 0 aromatic heterocycles. The van der Waals surface area contributed by atoms with Crippen LogP contribution in [0.15, 0.2) is 0 Å². The maximum Gasteiger partial charge on any atom is 0.220 e. The Hall–Kier alpha value is -0.610. The van der Waals surface area contributed by atoms with E-state index in [0.717, 1.165) is 19.5 Å². The van der Waals surface area contributed by atoms with Gasteiger partial charge in [-0.2, -0.15) is 0 Å². The number of carbonyl (C=O) groups is 1. The van der Waals surface area contributed by atoms with E-state index in [1.807, 2.05) is 0 Å². The molecule has 2 saturated heterocycles. The molecule has 2 aliphatic rings. The van der Waals surface area contributed by atoms with Crippen molar-refractivity contribution in [3.8, 4) is 0 Å². The van der Waals surface area contributed by atoms with Crippen molar-refractivity contribution in [3.05, 3.63) is 0 Å². The summed E-state index contributed by atoms with van der Waals surface area (Å²) in [6.45, 7) is 1.86. The van der Waals surface area contributed by atoms with Crippen molar-refractivity contribution in [2.24, 2.45) is 5.92 Å². The van der Waals surface area contributed by atoms with Crippen LogP contribution in [0.4, 0.5) is 0 Å². The highest BCUT2D eigenvalue weighted by atomic mass is 16.3. The van der Waals surface area contributed by atoms with Crippen molar-refractivity contribution in [3.63, 3.8) is 0 Å². The maximum absolute atomic E-state index is 11.1. The first-order valence-electron chi connectivity index (χ1n) is 4.39. The first-order chi connectivity index (χ1) is 5.77.